The third-order valence-corrected chi connectivity index (χ3v) is 2.85. The number of benzene rings is 1. The van der Waals surface area contributed by atoms with Crippen molar-refractivity contribution in [2.75, 3.05) is 5.32 Å². The van der Waals surface area contributed by atoms with Gasteiger partial charge in [0.25, 0.3) is 11.5 Å². The Labute approximate surface area is 113 Å². The molecule has 0 saturated carbocycles. The third kappa shape index (κ3) is 2.72. The first kappa shape index (κ1) is 12.7. The highest BCUT2D eigenvalue weighted by Crippen LogP contribution is 2.21. The second kappa shape index (κ2) is 5.25. The van der Waals surface area contributed by atoms with Crippen LogP contribution >= 0.6 is 23.2 Å². The van der Waals surface area contributed by atoms with Crippen LogP contribution in [0.5, 0.6) is 0 Å². The molecule has 1 amide bonds. The summed E-state index contributed by atoms with van der Waals surface area (Å²) in [6, 6.07) is 8.15. The van der Waals surface area contributed by atoms with E-state index in [1.807, 2.05) is 0 Å². The van der Waals surface area contributed by atoms with Gasteiger partial charge in [-0.3, -0.25) is 9.59 Å². The molecule has 1 aromatic carbocycles. The van der Waals surface area contributed by atoms with Crippen LogP contribution in [0.3, 0.4) is 0 Å². The van der Waals surface area contributed by atoms with Crippen LogP contribution in [0.1, 0.15) is 10.4 Å². The smallest absolute Gasteiger partial charge is 0.266 e. The number of para-hydroxylation sites is 1. The van der Waals surface area contributed by atoms with Gasteiger partial charge in [-0.1, -0.05) is 35.3 Å². The molecule has 0 radical (unpaired) electrons. The van der Waals surface area contributed by atoms with Crippen molar-refractivity contribution in [3.63, 3.8) is 0 Å². The Balaban J connectivity index is 2.25. The van der Waals surface area contributed by atoms with Crippen LogP contribution in [0.15, 0.2) is 41.3 Å². The van der Waals surface area contributed by atoms with Gasteiger partial charge in [0.2, 0.25) is 0 Å². The zero-order valence-electron chi connectivity index (χ0n) is 9.04. The molecule has 0 aliphatic heterocycles. The van der Waals surface area contributed by atoms with Crippen LogP contribution in [0.25, 0.3) is 0 Å². The van der Waals surface area contributed by atoms with Crippen molar-refractivity contribution in [2.24, 2.45) is 0 Å². The summed E-state index contributed by atoms with van der Waals surface area (Å²) in [6.45, 7) is 0. The Bertz CT molecular complexity index is 653. The summed E-state index contributed by atoms with van der Waals surface area (Å²) in [5.74, 6) is -0.402. The first-order valence-electron chi connectivity index (χ1n) is 5.02. The van der Waals surface area contributed by atoms with E-state index in [0.717, 1.165) is 0 Å². The fourth-order valence-electron chi connectivity index (χ4n) is 1.34. The number of rotatable bonds is 2. The van der Waals surface area contributed by atoms with Gasteiger partial charge in [-0.05, 0) is 18.2 Å². The summed E-state index contributed by atoms with van der Waals surface area (Å²) in [5.41, 5.74) is 0.303. The molecule has 6 heteroatoms. The lowest BCUT2D eigenvalue weighted by atomic mass is 10.2. The van der Waals surface area contributed by atoms with E-state index < -0.39 is 11.5 Å². The molecule has 0 bridgehead atoms. The van der Waals surface area contributed by atoms with Gasteiger partial charge in [-0.2, -0.15) is 0 Å². The normalized spacial score (nSPS) is 10.1. The molecular weight excluding hydrogens is 275 g/mol. The Kier molecular flexibility index (Phi) is 3.69. The number of aromatic amines is 1. The quantitative estimate of drug-likeness (QED) is 0.890. The molecule has 2 N–H and O–H groups in total. The van der Waals surface area contributed by atoms with E-state index in [2.05, 4.69) is 10.3 Å². The molecule has 2 rings (SSSR count). The maximum absolute atomic E-state index is 11.9. The lowest BCUT2D eigenvalue weighted by Gasteiger charge is -2.06. The molecule has 0 spiro atoms. The number of halogens is 2. The highest BCUT2D eigenvalue weighted by atomic mass is 35.5. The van der Waals surface area contributed by atoms with Crippen LogP contribution in [-0.2, 0) is 0 Å². The van der Waals surface area contributed by atoms with Crippen molar-refractivity contribution in [1.82, 2.24) is 4.98 Å². The maximum atomic E-state index is 11.9. The van der Waals surface area contributed by atoms with Gasteiger partial charge in [0, 0.05) is 6.20 Å². The fraction of sp³-hybridized carbons (Fsp3) is 0. The van der Waals surface area contributed by atoms with Crippen molar-refractivity contribution in [3.05, 3.63) is 62.5 Å². The van der Waals surface area contributed by atoms with E-state index in [1.165, 1.54) is 12.3 Å². The zero-order valence-corrected chi connectivity index (χ0v) is 10.5. The maximum Gasteiger partial charge on any atom is 0.266 e. The molecule has 0 aliphatic carbocycles. The van der Waals surface area contributed by atoms with Gasteiger partial charge >= 0.3 is 0 Å². The monoisotopic (exact) mass is 282 g/mol. The molecule has 92 valence electrons. The van der Waals surface area contributed by atoms with Gasteiger partial charge < -0.3 is 10.3 Å². The summed E-state index contributed by atoms with van der Waals surface area (Å²) >= 11 is 11.6. The Morgan fingerprint density at radius 2 is 1.89 bits per heavy atom. The van der Waals surface area contributed by atoms with Gasteiger partial charge in [-0.25, -0.2) is 0 Å². The number of hydrogen-bond acceptors (Lipinski definition) is 2. The van der Waals surface area contributed by atoms with E-state index in [-0.39, 0.29) is 10.6 Å². The number of anilines is 1. The van der Waals surface area contributed by atoms with Crippen LogP contribution in [0.2, 0.25) is 10.0 Å². The molecule has 1 aromatic heterocycles. The number of carbonyl (C=O) groups excluding carboxylic acids is 1. The number of H-pyrrole nitrogens is 1. The first-order valence-corrected chi connectivity index (χ1v) is 5.77. The van der Waals surface area contributed by atoms with E-state index >= 15 is 0 Å². The summed E-state index contributed by atoms with van der Waals surface area (Å²) in [5, 5.41) is 3.01. The number of pyridine rings is 1. The average molecular weight is 283 g/mol. The van der Waals surface area contributed by atoms with E-state index in [0.29, 0.717) is 10.7 Å². The van der Waals surface area contributed by atoms with E-state index in [9.17, 15) is 9.59 Å². The van der Waals surface area contributed by atoms with Crippen LogP contribution in [0, 0.1) is 0 Å². The van der Waals surface area contributed by atoms with Crippen molar-refractivity contribution in [1.29, 1.82) is 0 Å². The van der Waals surface area contributed by atoms with E-state index in [4.69, 9.17) is 23.2 Å². The summed E-state index contributed by atoms with van der Waals surface area (Å²) < 4.78 is 0. The largest absolute Gasteiger partial charge is 0.327 e. The minimum atomic E-state index is -0.439. The standard InChI is InChI=1S/C12H8Cl2N2O2/c13-8-3-1-2-4-10(8)16-11(17)7-5-9(14)12(18)15-6-7/h1-6H,(H,15,18)(H,16,17). The number of nitrogens with one attached hydrogen (secondary N) is 2. The second-order valence-corrected chi connectivity index (χ2v) is 4.31. The lowest BCUT2D eigenvalue weighted by Crippen LogP contribution is -2.15. The minimum Gasteiger partial charge on any atom is -0.327 e. The summed E-state index contributed by atoms with van der Waals surface area (Å²) in [4.78, 5) is 25.3. The van der Waals surface area contributed by atoms with Crippen molar-refractivity contribution in [2.45, 2.75) is 0 Å². The summed E-state index contributed by atoms with van der Waals surface area (Å²) in [7, 11) is 0. The lowest BCUT2D eigenvalue weighted by molar-refractivity contribution is 0.102. The molecule has 0 atom stereocenters. The minimum absolute atomic E-state index is 0.0400. The molecule has 0 fully saturated rings. The Hall–Kier alpha value is -1.78. The van der Waals surface area contributed by atoms with Gasteiger partial charge in [0.15, 0.2) is 0 Å². The molecule has 0 aliphatic rings. The molecule has 1 heterocycles. The molecule has 0 unspecified atom stereocenters. The molecule has 4 nitrogen and oxygen atoms in total. The number of carbonyl (C=O) groups is 1. The predicted molar refractivity (Wildman–Crippen MR) is 71.5 cm³/mol. The van der Waals surface area contributed by atoms with Gasteiger partial charge in [0.05, 0.1) is 16.3 Å². The highest BCUT2D eigenvalue weighted by molar-refractivity contribution is 6.34. The molecular formula is C12H8Cl2N2O2. The van der Waals surface area contributed by atoms with Crippen molar-refractivity contribution < 1.29 is 4.79 Å². The average Bonchev–Trinajstić information content (AvgIpc) is 2.35. The number of aromatic nitrogens is 1. The third-order valence-electron chi connectivity index (χ3n) is 2.24. The first-order chi connectivity index (χ1) is 8.58. The number of hydrogen-bond donors (Lipinski definition) is 2. The van der Waals surface area contributed by atoms with Crippen molar-refractivity contribution >= 4 is 34.8 Å². The highest BCUT2D eigenvalue weighted by Gasteiger charge is 2.09. The number of amides is 1. The fourth-order valence-corrected chi connectivity index (χ4v) is 1.70. The summed E-state index contributed by atoms with van der Waals surface area (Å²) in [6.07, 6.45) is 1.29. The van der Waals surface area contributed by atoms with Crippen LogP contribution in [0.4, 0.5) is 5.69 Å². The Morgan fingerprint density at radius 3 is 2.56 bits per heavy atom. The molecule has 18 heavy (non-hydrogen) atoms. The topological polar surface area (TPSA) is 62.0 Å². The second-order valence-electron chi connectivity index (χ2n) is 3.50. The van der Waals surface area contributed by atoms with Gasteiger partial charge in [-0.15, -0.1) is 0 Å². The van der Waals surface area contributed by atoms with E-state index in [1.54, 1.807) is 24.3 Å². The van der Waals surface area contributed by atoms with Crippen LogP contribution in [-0.4, -0.2) is 10.9 Å². The Morgan fingerprint density at radius 1 is 1.17 bits per heavy atom. The molecule has 2 aromatic rings. The molecule has 0 saturated heterocycles. The predicted octanol–water partition coefficient (Wildman–Crippen LogP) is 2.93. The zero-order chi connectivity index (χ0) is 13.1. The van der Waals surface area contributed by atoms with Gasteiger partial charge in [0.1, 0.15) is 5.02 Å². The SMILES string of the molecule is O=C(Nc1ccccc1Cl)c1c[nH]c(=O)c(Cl)c1. The van der Waals surface area contributed by atoms with Crippen molar-refractivity contribution in [3.8, 4) is 0 Å². The van der Waals surface area contributed by atoms with Crippen LogP contribution < -0.4 is 10.9 Å².